The van der Waals surface area contributed by atoms with E-state index in [9.17, 15) is 4.79 Å². The number of carbonyl (C=O) groups is 1. The summed E-state index contributed by atoms with van der Waals surface area (Å²) in [6.07, 6.45) is -0.392. The standard InChI is InChI=1S/C11H14BrNO3/c1-7(14)5-13-6-9-3-2-8(11(15)16)4-10(9)12/h2-4,7,13-14H,5-6H2,1H3,(H,15,16). The summed E-state index contributed by atoms with van der Waals surface area (Å²) >= 11 is 3.32. The van der Waals surface area contributed by atoms with Crippen LogP contribution in [0.2, 0.25) is 0 Å². The topological polar surface area (TPSA) is 69.6 Å². The van der Waals surface area contributed by atoms with Gasteiger partial charge in [0.2, 0.25) is 0 Å². The van der Waals surface area contributed by atoms with Gasteiger partial charge in [0, 0.05) is 17.6 Å². The van der Waals surface area contributed by atoms with Crippen molar-refractivity contribution in [3.63, 3.8) is 0 Å². The van der Waals surface area contributed by atoms with E-state index < -0.39 is 12.1 Å². The van der Waals surface area contributed by atoms with Crippen LogP contribution in [0.4, 0.5) is 0 Å². The third-order valence-corrected chi connectivity index (χ3v) is 2.79. The number of carboxylic acid groups (broad SMARTS) is 1. The molecule has 0 aliphatic rings. The van der Waals surface area contributed by atoms with Crippen LogP contribution in [0.3, 0.4) is 0 Å². The molecule has 16 heavy (non-hydrogen) atoms. The molecule has 5 heteroatoms. The molecule has 1 rings (SSSR count). The van der Waals surface area contributed by atoms with Gasteiger partial charge in [-0.05, 0) is 24.6 Å². The van der Waals surface area contributed by atoms with Crippen LogP contribution in [0.25, 0.3) is 0 Å². The minimum atomic E-state index is -0.941. The van der Waals surface area contributed by atoms with Crippen molar-refractivity contribution in [3.05, 3.63) is 33.8 Å². The molecular formula is C11H14BrNO3. The van der Waals surface area contributed by atoms with Crippen LogP contribution in [0.5, 0.6) is 0 Å². The SMILES string of the molecule is CC(O)CNCc1ccc(C(=O)O)cc1Br. The van der Waals surface area contributed by atoms with Crippen molar-refractivity contribution in [1.29, 1.82) is 0 Å². The molecule has 0 saturated heterocycles. The number of halogens is 1. The number of nitrogens with one attached hydrogen (secondary N) is 1. The molecule has 0 aliphatic carbocycles. The van der Waals surface area contributed by atoms with E-state index in [1.807, 2.05) is 0 Å². The zero-order valence-corrected chi connectivity index (χ0v) is 10.5. The molecule has 0 fully saturated rings. The van der Waals surface area contributed by atoms with Gasteiger partial charge in [-0.25, -0.2) is 4.79 Å². The van der Waals surface area contributed by atoms with Gasteiger partial charge < -0.3 is 15.5 Å². The first-order chi connectivity index (χ1) is 7.50. The predicted octanol–water partition coefficient (Wildman–Crippen LogP) is 1.62. The van der Waals surface area contributed by atoms with Crippen molar-refractivity contribution in [2.24, 2.45) is 0 Å². The monoisotopic (exact) mass is 287 g/mol. The van der Waals surface area contributed by atoms with Crippen LogP contribution in [0.1, 0.15) is 22.8 Å². The first-order valence-corrected chi connectivity index (χ1v) is 5.70. The van der Waals surface area contributed by atoms with Gasteiger partial charge in [0.1, 0.15) is 0 Å². The molecule has 0 bridgehead atoms. The molecule has 0 spiro atoms. The molecule has 0 amide bonds. The molecule has 0 saturated carbocycles. The summed E-state index contributed by atoms with van der Waals surface area (Å²) < 4.78 is 0.755. The Labute approximate surface area is 102 Å². The van der Waals surface area contributed by atoms with Gasteiger partial charge in [-0.3, -0.25) is 0 Å². The van der Waals surface area contributed by atoms with Crippen molar-refractivity contribution < 1.29 is 15.0 Å². The van der Waals surface area contributed by atoms with E-state index in [0.717, 1.165) is 10.0 Å². The molecule has 1 unspecified atom stereocenters. The molecule has 1 atom stereocenters. The lowest BCUT2D eigenvalue weighted by Gasteiger charge is -2.09. The fraction of sp³-hybridized carbons (Fsp3) is 0.364. The van der Waals surface area contributed by atoms with Crippen molar-refractivity contribution in [2.45, 2.75) is 19.6 Å². The third-order valence-electron chi connectivity index (χ3n) is 2.06. The fourth-order valence-corrected chi connectivity index (χ4v) is 1.76. The van der Waals surface area contributed by atoms with Gasteiger partial charge in [0.25, 0.3) is 0 Å². The summed E-state index contributed by atoms with van der Waals surface area (Å²) in [5.41, 5.74) is 1.22. The van der Waals surface area contributed by atoms with Crippen molar-refractivity contribution in [3.8, 4) is 0 Å². The van der Waals surface area contributed by atoms with E-state index >= 15 is 0 Å². The molecule has 88 valence electrons. The number of rotatable bonds is 5. The summed E-state index contributed by atoms with van der Waals surface area (Å²) in [6.45, 7) is 2.80. The molecule has 0 aromatic heterocycles. The first-order valence-electron chi connectivity index (χ1n) is 4.91. The average Bonchev–Trinajstić information content (AvgIpc) is 2.19. The predicted molar refractivity (Wildman–Crippen MR) is 64.5 cm³/mol. The van der Waals surface area contributed by atoms with Gasteiger partial charge in [0.15, 0.2) is 0 Å². The van der Waals surface area contributed by atoms with E-state index in [4.69, 9.17) is 10.2 Å². The van der Waals surface area contributed by atoms with Crippen LogP contribution in [-0.2, 0) is 6.54 Å². The number of hydrogen-bond donors (Lipinski definition) is 3. The number of carboxylic acids is 1. The van der Waals surface area contributed by atoms with E-state index in [0.29, 0.717) is 13.1 Å². The largest absolute Gasteiger partial charge is 0.478 e. The summed E-state index contributed by atoms with van der Waals surface area (Å²) in [4.78, 5) is 10.7. The third kappa shape index (κ3) is 3.92. The van der Waals surface area contributed by atoms with Gasteiger partial charge >= 0.3 is 5.97 Å². The molecule has 1 aromatic rings. The quantitative estimate of drug-likeness (QED) is 0.770. The number of aromatic carboxylic acids is 1. The fourth-order valence-electron chi connectivity index (χ4n) is 1.24. The first kappa shape index (κ1) is 13.2. The Kier molecular flexibility index (Phi) is 4.92. The van der Waals surface area contributed by atoms with Crippen LogP contribution in [0.15, 0.2) is 22.7 Å². The molecule has 3 N–H and O–H groups in total. The highest BCUT2D eigenvalue weighted by molar-refractivity contribution is 9.10. The zero-order valence-electron chi connectivity index (χ0n) is 8.90. The van der Waals surface area contributed by atoms with Gasteiger partial charge in [-0.2, -0.15) is 0 Å². The highest BCUT2D eigenvalue weighted by atomic mass is 79.9. The molecule has 4 nitrogen and oxygen atoms in total. The Morgan fingerprint density at radius 1 is 1.56 bits per heavy atom. The Morgan fingerprint density at radius 3 is 2.75 bits per heavy atom. The number of benzene rings is 1. The number of aliphatic hydroxyl groups excluding tert-OH is 1. The Balaban J connectivity index is 2.64. The second kappa shape index (κ2) is 5.98. The zero-order chi connectivity index (χ0) is 12.1. The molecule has 0 heterocycles. The average molecular weight is 288 g/mol. The number of aliphatic hydroxyl groups is 1. The number of hydrogen-bond acceptors (Lipinski definition) is 3. The lowest BCUT2D eigenvalue weighted by molar-refractivity contribution is 0.0697. The maximum absolute atomic E-state index is 10.7. The minimum absolute atomic E-state index is 0.256. The normalized spacial score (nSPS) is 12.4. The summed E-state index contributed by atoms with van der Waals surface area (Å²) in [5, 5.41) is 20.9. The lowest BCUT2D eigenvalue weighted by Crippen LogP contribution is -2.24. The van der Waals surface area contributed by atoms with Crippen LogP contribution >= 0.6 is 15.9 Å². The molecule has 0 aliphatic heterocycles. The summed E-state index contributed by atoms with van der Waals surface area (Å²) in [5.74, 6) is -0.941. The van der Waals surface area contributed by atoms with Gasteiger partial charge in [-0.15, -0.1) is 0 Å². The molecule has 0 radical (unpaired) electrons. The maximum Gasteiger partial charge on any atom is 0.335 e. The van der Waals surface area contributed by atoms with E-state index in [2.05, 4.69) is 21.2 Å². The van der Waals surface area contributed by atoms with Gasteiger partial charge in [-0.1, -0.05) is 22.0 Å². The maximum atomic E-state index is 10.7. The smallest absolute Gasteiger partial charge is 0.335 e. The van der Waals surface area contributed by atoms with Crippen LogP contribution < -0.4 is 5.32 Å². The van der Waals surface area contributed by atoms with Crippen LogP contribution in [0, 0.1) is 0 Å². The second-order valence-corrected chi connectivity index (χ2v) is 4.45. The van der Waals surface area contributed by atoms with E-state index in [-0.39, 0.29) is 5.56 Å². The highest BCUT2D eigenvalue weighted by Gasteiger charge is 2.06. The minimum Gasteiger partial charge on any atom is -0.478 e. The molecule has 1 aromatic carbocycles. The van der Waals surface area contributed by atoms with Crippen molar-refractivity contribution in [2.75, 3.05) is 6.54 Å². The lowest BCUT2D eigenvalue weighted by atomic mass is 10.1. The molecular weight excluding hydrogens is 274 g/mol. The second-order valence-electron chi connectivity index (χ2n) is 3.59. The van der Waals surface area contributed by atoms with Crippen LogP contribution in [-0.4, -0.2) is 28.8 Å². The Bertz CT molecular complexity index is 379. The Morgan fingerprint density at radius 2 is 2.25 bits per heavy atom. The summed E-state index contributed by atoms with van der Waals surface area (Å²) in [7, 11) is 0. The summed E-state index contributed by atoms with van der Waals surface area (Å²) in [6, 6.07) is 4.89. The Hall–Kier alpha value is -0.910. The highest BCUT2D eigenvalue weighted by Crippen LogP contribution is 2.18. The van der Waals surface area contributed by atoms with Gasteiger partial charge in [0.05, 0.1) is 11.7 Å². The van der Waals surface area contributed by atoms with E-state index in [1.165, 1.54) is 0 Å². The van der Waals surface area contributed by atoms with Crippen molar-refractivity contribution >= 4 is 21.9 Å². The van der Waals surface area contributed by atoms with Crippen molar-refractivity contribution in [1.82, 2.24) is 5.32 Å². The van der Waals surface area contributed by atoms with E-state index in [1.54, 1.807) is 25.1 Å².